The van der Waals surface area contributed by atoms with Gasteiger partial charge < -0.3 is 59.7 Å². The topological polar surface area (TPSA) is 343 Å². The number of benzene rings is 2. The summed E-state index contributed by atoms with van der Waals surface area (Å²) in [5.41, 5.74) is -3.02. The van der Waals surface area contributed by atoms with Crippen molar-refractivity contribution in [1.82, 2.24) is 46.2 Å². The van der Waals surface area contributed by atoms with Crippen LogP contribution in [0.4, 0.5) is 4.79 Å². The van der Waals surface area contributed by atoms with Crippen molar-refractivity contribution in [3.05, 3.63) is 60.7 Å². The monoisotopic (exact) mass is 1550 g/mol. The number of Topliss-reactive ketones (excluding diaryl/α,β-unsaturated/α-hetero) is 1. The maximum atomic E-state index is 14.5. The highest BCUT2D eigenvalue weighted by Gasteiger charge is 2.35. The minimum Gasteiger partial charge on any atom is -0.467 e. The summed E-state index contributed by atoms with van der Waals surface area (Å²) in [5, 5.41) is 16.3. The molecule has 0 bridgehead atoms. The third kappa shape index (κ3) is 40.7. The Morgan fingerprint density at radius 1 is 0.482 bits per heavy atom. The molecule has 2 aromatic carbocycles. The van der Waals surface area contributed by atoms with Crippen molar-refractivity contribution in [2.24, 2.45) is 17.8 Å². The molecule has 110 heavy (non-hydrogen) atoms. The Balaban J connectivity index is 1.46. The molecular formula is C82H131N9O19. The van der Waals surface area contributed by atoms with Crippen LogP contribution < -0.4 is 26.6 Å². The van der Waals surface area contributed by atoms with E-state index >= 15 is 0 Å². The van der Waals surface area contributed by atoms with E-state index in [9.17, 15) is 57.5 Å². The number of fused-ring (bicyclic) bond motifs is 1. The average molecular weight is 1550 g/mol. The van der Waals surface area contributed by atoms with E-state index in [-0.39, 0.29) is 126 Å². The lowest BCUT2D eigenvalue weighted by atomic mass is 9.77. The summed E-state index contributed by atoms with van der Waals surface area (Å²) in [6, 6.07) is 9.62. The van der Waals surface area contributed by atoms with Crippen LogP contribution in [0.25, 0.3) is 10.8 Å². The normalized spacial score (nSPS) is 17.3. The van der Waals surface area contributed by atoms with Crippen LogP contribution in [0.2, 0.25) is 0 Å². The lowest BCUT2D eigenvalue weighted by Crippen LogP contribution is -2.52. The predicted molar refractivity (Wildman–Crippen MR) is 418 cm³/mol. The molecule has 2 aliphatic rings. The molecule has 2 aromatic rings. The van der Waals surface area contributed by atoms with Gasteiger partial charge in [-0.2, -0.15) is 0 Å². The molecule has 0 radical (unpaired) electrons. The van der Waals surface area contributed by atoms with Crippen molar-refractivity contribution in [2.75, 3.05) is 105 Å². The zero-order chi connectivity index (χ0) is 82.0. The van der Waals surface area contributed by atoms with Gasteiger partial charge in [0.25, 0.3) is 0 Å². The lowest BCUT2D eigenvalue weighted by Gasteiger charge is -2.34. The van der Waals surface area contributed by atoms with Gasteiger partial charge >= 0.3 is 47.8 Å². The largest absolute Gasteiger partial charge is 0.467 e. The molecule has 1 saturated heterocycles. The van der Waals surface area contributed by atoms with E-state index < -0.39 is 99.8 Å². The second-order valence-electron chi connectivity index (χ2n) is 34.0. The predicted octanol–water partition coefficient (Wildman–Crippen LogP) is 8.25. The first kappa shape index (κ1) is 94.3. The van der Waals surface area contributed by atoms with Gasteiger partial charge in [-0.3, -0.25) is 62.8 Å². The zero-order valence-corrected chi connectivity index (χ0v) is 68.8. The molecule has 4 unspecified atom stereocenters. The molecule has 1 aliphatic heterocycles. The quantitative estimate of drug-likeness (QED) is 0.0183. The second-order valence-corrected chi connectivity index (χ2v) is 34.0. The van der Waals surface area contributed by atoms with E-state index in [2.05, 4.69) is 33.2 Å². The molecule has 2 fully saturated rings. The highest BCUT2D eigenvalue weighted by molar-refractivity contribution is 5.90. The van der Waals surface area contributed by atoms with Crippen LogP contribution in [0.3, 0.4) is 0 Å². The number of hydrogen-bond donors (Lipinski definition) is 5. The van der Waals surface area contributed by atoms with Crippen molar-refractivity contribution in [3.8, 4) is 0 Å². The summed E-state index contributed by atoms with van der Waals surface area (Å²) in [7, 11) is 1.18. The fourth-order valence-corrected chi connectivity index (χ4v) is 12.8. The molecule has 4 rings (SSSR count). The van der Waals surface area contributed by atoms with Crippen LogP contribution in [-0.2, 0) is 92.3 Å². The highest BCUT2D eigenvalue weighted by Crippen LogP contribution is 2.32. The van der Waals surface area contributed by atoms with Crippen molar-refractivity contribution < 1.29 is 90.7 Å². The number of amides is 5. The number of carbonyl (C=O) groups is 12. The number of nitrogens with zero attached hydrogens (tertiary/aromatic N) is 4. The Kier molecular flexibility index (Phi) is 39.5. The summed E-state index contributed by atoms with van der Waals surface area (Å²) < 4.78 is 38.3. The van der Waals surface area contributed by atoms with E-state index in [1.807, 2.05) is 62.1 Å². The molecule has 28 nitrogen and oxygen atoms in total. The van der Waals surface area contributed by atoms with Crippen molar-refractivity contribution in [2.45, 2.75) is 253 Å². The van der Waals surface area contributed by atoms with Gasteiger partial charge in [-0.05, 0) is 197 Å². The molecule has 0 aromatic heterocycles. The van der Waals surface area contributed by atoms with Crippen LogP contribution in [-0.4, -0.2) is 242 Å². The third-order valence-electron chi connectivity index (χ3n) is 18.0. The van der Waals surface area contributed by atoms with E-state index in [1.165, 1.54) is 13.2 Å². The van der Waals surface area contributed by atoms with Gasteiger partial charge in [0.05, 0.1) is 33.3 Å². The molecule has 618 valence electrons. The van der Waals surface area contributed by atoms with Crippen molar-refractivity contribution in [1.29, 1.82) is 0 Å². The van der Waals surface area contributed by atoms with Gasteiger partial charge in [-0.15, -0.1) is 0 Å². The Hall–Kier alpha value is -8.08. The van der Waals surface area contributed by atoms with Crippen LogP contribution in [0.1, 0.15) is 206 Å². The van der Waals surface area contributed by atoms with Gasteiger partial charge in [0, 0.05) is 96.5 Å². The number of hydrogen-bond acceptors (Lipinski definition) is 23. The molecule has 1 heterocycles. The molecule has 1 saturated carbocycles. The summed E-state index contributed by atoms with van der Waals surface area (Å²) in [6.45, 7) is 32.8. The Morgan fingerprint density at radius 3 is 1.45 bits per heavy atom. The van der Waals surface area contributed by atoms with Gasteiger partial charge in [-0.25, -0.2) is 14.4 Å². The molecule has 5 N–H and O–H groups in total. The fraction of sp³-hybridized carbons (Fsp3) is 0.707. The maximum absolute atomic E-state index is 14.5. The van der Waals surface area contributed by atoms with Crippen LogP contribution in [0, 0.1) is 17.8 Å². The molecule has 5 amide bonds. The number of rotatable bonds is 38. The first-order chi connectivity index (χ1) is 51.4. The number of unbranched alkanes of at least 4 members (excludes halogenated alkanes) is 3. The second kappa shape index (κ2) is 46.0. The van der Waals surface area contributed by atoms with E-state index in [1.54, 1.807) is 104 Å². The van der Waals surface area contributed by atoms with Crippen LogP contribution in [0.5, 0.6) is 0 Å². The standard InChI is InChI=1S/C82H131N9O19/c1-18-48-105-68(94)30-21-19-20-28-63(85-67(93)53-88-40-42-89(54-70(96)107-79(5,6)7)44-46-91(56-72(98)109-81(11,12)13)47-45-90(43-41-88)55-71(97)108-80(8,9)10)74(100)84-52-57-31-35-60(36-32-57)66(92)51-62(50-58-33-34-59-26-22-23-27-61(59)49-58)73(99)83-39-25-24-29-64(75(101)104-17)86-77(103)87-65(76(102)110-82(14,15)16)37-38-69(95)106-78(2,3)4/h18,22-23,26-27,33-34,49,57,60,62-65H,1,19-21,24-25,28-32,35-48,50-56H2,2-17H3,(H,83,99)(H,84,100)(H,85,93)(H2,86,87,103). The summed E-state index contributed by atoms with van der Waals surface area (Å²) in [4.78, 5) is 170. The Bertz CT molecular complexity index is 3290. The molecule has 4 atom stereocenters. The lowest BCUT2D eigenvalue weighted by molar-refractivity contribution is -0.159. The minimum absolute atomic E-state index is 0.00456. The smallest absolute Gasteiger partial charge is 0.329 e. The van der Waals surface area contributed by atoms with E-state index in [4.69, 9.17) is 33.2 Å². The van der Waals surface area contributed by atoms with Crippen molar-refractivity contribution in [3.63, 3.8) is 0 Å². The number of ketones is 1. The van der Waals surface area contributed by atoms with E-state index in [0.717, 1.165) is 16.3 Å². The van der Waals surface area contributed by atoms with Crippen LogP contribution in [0.15, 0.2) is 55.1 Å². The number of methoxy groups -OCH3 is 1. The molecule has 0 spiro atoms. The zero-order valence-electron chi connectivity index (χ0n) is 68.8. The minimum atomic E-state index is -1.26. The number of carbonyl (C=O) groups excluding carboxylic acids is 12. The first-order valence-electron chi connectivity index (χ1n) is 39.2. The number of esters is 7. The maximum Gasteiger partial charge on any atom is 0.329 e. The summed E-state index contributed by atoms with van der Waals surface area (Å²) in [6.07, 6.45) is 6.56. The van der Waals surface area contributed by atoms with E-state index in [0.29, 0.717) is 110 Å². The average Bonchev–Trinajstić information content (AvgIpc) is 0.827. The van der Waals surface area contributed by atoms with Gasteiger partial charge in [-0.1, -0.05) is 68.0 Å². The third-order valence-corrected chi connectivity index (χ3v) is 18.0. The molecule has 1 aliphatic carbocycles. The van der Waals surface area contributed by atoms with Crippen molar-refractivity contribution >= 4 is 82.1 Å². The summed E-state index contributed by atoms with van der Waals surface area (Å²) >= 11 is 0. The molecule has 28 heteroatoms. The molecular weight excluding hydrogens is 1410 g/mol. The number of ether oxygens (including phenoxy) is 7. The number of urea groups is 1. The highest BCUT2D eigenvalue weighted by atomic mass is 16.6. The van der Waals surface area contributed by atoms with Gasteiger partial charge in [0.1, 0.15) is 58.5 Å². The van der Waals surface area contributed by atoms with Gasteiger partial charge in [0.15, 0.2) is 0 Å². The van der Waals surface area contributed by atoms with Gasteiger partial charge in [0.2, 0.25) is 17.7 Å². The summed E-state index contributed by atoms with van der Waals surface area (Å²) in [5.74, 6) is -5.98. The first-order valence-corrected chi connectivity index (χ1v) is 39.2. The Labute approximate surface area is 652 Å². The van der Waals surface area contributed by atoms with Crippen LogP contribution >= 0.6 is 0 Å². The fourth-order valence-electron chi connectivity index (χ4n) is 12.8. The Morgan fingerprint density at radius 2 is 0.955 bits per heavy atom. The SMILES string of the molecule is C=CCOC(=O)CCCCCC(NC(=O)CN1CCN(CC(=O)OC(C)(C)C)CCN(CC(=O)OC(C)(C)C)CCN(CC(=O)OC(C)(C)C)CC1)C(=O)NCC1CCC(C(=O)CC(Cc2ccc3ccccc3c2)C(=O)NCCCCC(NC(=O)NC(CCC(=O)OC(C)(C)C)C(=O)OC(C)(C)C)C(=O)OC)CC1. The number of nitrogens with one attached hydrogen (secondary N) is 5.